The Morgan fingerprint density at radius 1 is 0.963 bits per heavy atom. The molecule has 4 nitrogen and oxygen atoms in total. The maximum absolute atomic E-state index is 13.6. The fourth-order valence-corrected chi connectivity index (χ4v) is 4.12. The lowest BCUT2D eigenvalue weighted by molar-refractivity contribution is -0.0664. The van der Waals surface area contributed by atoms with Gasteiger partial charge >= 0.3 is 0 Å². The molecule has 0 aliphatic carbocycles. The van der Waals surface area contributed by atoms with E-state index in [2.05, 4.69) is 0 Å². The van der Waals surface area contributed by atoms with Crippen LogP contribution in [0.3, 0.4) is 0 Å². The Bertz CT molecular complexity index is 754. The summed E-state index contributed by atoms with van der Waals surface area (Å²) in [7, 11) is 0. The molecular weight excluding hydrogens is 352 g/mol. The van der Waals surface area contributed by atoms with E-state index in [1.54, 1.807) is 31.2 Å². The third-order valence-corrected chi connectivity index (χ3v) is 5.71. The normalized spacial score (nSPS) is 29.0. The minimum absolute atomic E-state index is 0.254. The highest BCUT2D eigenvalue weighted by Crippen LogP contribution is 2.51. The Morgan fingerprint density at radius 2 is 1.41 bits per heavy atom. The van der Waals surface area contributed by atoms with Gasteiger partial charge in [0, 0.05) is 11.1 Å². The van der Waals surface area contributed by atoms with Crippen LogP contribution >= 0.6 is 0 Å². The van der Waals surface area contributed by atoms with Gasteiger partial charge in [0.2, 0.25) is 0 Å². The molecule has 1 N–H and O–H groups in total. The van der Waals surface area contributed by atoms with Gasteiger partial charge in [0.1, 0.15) is 25.8 Å². The molecule has 144 valence electrons. The summed E-state index contributed by atoms with van der Waals surface area (Å²) in [4.78, 5) is 1.95. The zero-order valence-corrected chi connectivity index (χ0v) is 15.1. The second kappa shape index (κ2) is 7.28. The predicted molar refractivity (Wildman–Crippen MR) is 96.1 cm³/mol. The van der Waals surface area contributed by atoms with Crippen LogP contribution in [0, 0.1) is 0 Å². The maximum Gasteiger partial charge on any atom is 0.140 e. The fraction of sp³-hybridized carbons (Fsp3) is 0.429. The molecule has 3 unspecified atom stereocenters. The summed E-state index contributed by atoms with van der Waals surface area (Å²) in [6.45, 7) is 0.984. The molecule has 0 spiro atoms. The lowest BCUT2D eigenvalue weighted by Gasteiger charge is -2.36. The highest BCUT2D eigenvalue weighted by Gasteiger charge is 2.59. The van der Waals surface area contributed by atoms with Crippen LogP contribution in [-0.4, -0.2) is 34.9 Å². The lowest BCUT2D eigenvalue weighted by Crippen LogP contribution is -2.52. The molecule has 2 fully saturated rings. The van der Waals surface area contributed by atoms with Crippen molar-refractivity contribution in [1.82, 2.24) is 4.90 Å². The third kappa shape index (κ3) is 2.88. The Hall–Kier alpha value is -1.86. The largest absolute Gasteiger partial charge is 0.391 e. The van der Waals surface area contributed by atoms with E-state index < -0.39 is 37.4 Å². The zero-order chi connectivity index (χ0) is 19.0. The molecule has 2 aromatic carbocycles. The minimum atomic E-state index is -0.762. The van der Waals surface area contributed by atoms with Crippen molar-refractivity contribution in [1.29, 1.82) is 0 Å². The molecule has 4 rings (SSSR count). The average Bonchev–Trinajstić information content (AvgIpc) is 3.26. The highest BCUT2D eigenvalue weighted by atomic mass is 19.1. The zero-order valence-electron chi connectivity index (χ0n) is 15.1. The summed E-state index contributed by atoms with van der Waals surface area (Å²) in [5.74, 6) is 0. The number of alkyl halides is 2. The number of hydrogen-bond acceptors (Lipinski definition) is 4. The van der Waals surface area contributed by atoms with Crippen molar-refractivity contribution in [2.45, 2.75) is 44.4 Å². The Labute approximate surface area is 157 Å². The summed E-state index contributed by atoms with van der Waals surface area (Å²) in [6, 6.07) is 14.3. The van der Waals surface area contributed by atoms with Crippen LogP contribution in [0.2, 0.25) is 0 Å². The van der Waals surface area contributed by atoms with Crippen molar-refractivity contribution >= 4 is 0 Å². The molecule has 2 aromatic rings. The van der Waals surface area contributed by atoms with Gasteiger partial charge in [-0.2, -0.15) is 0 Å². The van der Waals surface area contributed by atoms with E-state index in [-0.39, 0.29) is 13.2 Å². The Kier molecular flexibility index (Phi) is 4.99. The molecule has 0 aromatic heterocycles. The SMILES string of the molecule is CC(O)C12COC(c3ccccc3CF)N1C(c1ccccc1CF)OC2. The first-order chi connectivity index (χ1) is 13.1. The standard InChI is InChI=1S/C21H23F2NO3/c1-14(25)21-12-26-19(17-8-4-2-6-15(17)10-22)24(21)20(27-13-21)18-9-5-3-7-16(18)11-23/h2-9,14,19-20,25H,10-13H2,1H3. The molecule has 2 saturated heterocycles. The smallest absolute Gasteiger partial charge is 0.140 e. The molecule has 2 heterocycles. The Balaban J connectivity index is 1.81. The van der Waals surface area contributed by atoms with Gasteiger partial charge in [-0.25, -0.2) is 13.7 Å². The van der Waals surface area contributed by atoms with E-state index >= 15 is 0 Å². The summed E-state index contributed by atoms with van der Waals surface area (Å²) in [5, 5.41) is 10.5. The molecule has 2 aliphatic heterocycles. The summed E-state index contributed by atoms with van der Waals surface area (Å²) >= 11 is 0. The number of aliphatic hydroxyl groups is 1. The van der Waals surface area contributed by atoms with Crippen LogP contribution < -0.4 is 0 Å². The van der Waals surface area contributed by atoms with E-state index in [0.29, 0.717) is 22.3 Å². The second-order valence-electron chi connectivity index (χ2n) is 7.18. The Morgan fingerprint density at radius 3 is 1.81 bits per heavy atom. The molecule has 2 aliphatic rings. The number of halogens is 2. The number of hydrogen-bond donors (Lipinski definition) is 1. The van der Waals surface area contributed by atoms with Crippen molar-refractivity contribution in [3.8, 4) is 0 Å². The average molecular weight is 375 g/mol. The first-order valence-electron chi connectivity index (χ1n) is 9.09. The van der Waals surface area contributed by atoms with Gasteiger partial charge in [-0.1, -0.05) is 48.5 Å². The summed E-state index contributed by atoms with van der Waals surface area (Å²) in [5.41, 5.74) is 1.72. The van der Waals surface area contributed by atoms with Gasteiger partial charge in [-0.05, 0) is 18.1 Å². The number of benzene rings is 2. The van der Waals surface area contributed by atoms with Gasteiger partial charge < -0.3 is 14.6 Å². The van der Waals surface area contributed by atoms with Crippen molar-refractivity contribution in [3.63, 3.8) is 0 Å². The van der Waals surface area contributed by atoms with E-state index in [1.807, 2.05) is 29.2 Å². The minimum Gasteiger partial charge on any atom is -0.391 e. The number of ether oxygens (including phenoxy) is 2. The summed E-state index contributed by atoms with van der Waals surface area (Å²) in [6.07, 6.45) is -1.89. The molecule has 0 saturated carbocycles. The van der Waals surface area contributed by atoms with Crippen LogP contribution in [0.5, 0.6) is 0 Å². The number of nitrogens with zero attached hydrogens (tertiary/aromatic N) is 1. The fourth-order valence-electron chi connectivity index (χ4n) is 4.12. The van der Waals surface area contributed by atoms with E-state index in [9.17, 15) is 13.9 Å². The molecular formula is C21H23F2NO3. The van der Waals surface area contributed by atoms with Crippen LogP contribution in [-0.2, 0) is 22.8 Å². The quantitative estimate of drug-likeness (QED) is 0.863. The molecule has 3 atom stereocenters. The number of aliphatic hydroxyl groups excluding tert-OH is 1. The van der Waals surface area contributed by atoms with Crippen molar-refractivity contribution in [3.05, 3.63) is 70.8 Å². The van der Waals surface area contributed by atoms with Gasteiger partial charge in [0.25, 0.3) is 0 Å². The van der Waals surface area contributed by atoms with E-state index in [0.717, 1.165) is 0 Å². The van der Waals surface area contributed by atoms with Gasteiger partial charge in [-0.3, -0.25) is 0 Å². The van der Waals surface area contributed by atoms with Crippen molar-refractivity contribution < 1.29 is 23.4 Å². The lowest BCUT2D eigenvalue weighted by atomic mass is 9.93. The summed E-state index contributed by atoms with van der Waals surface area (Å²) < 4.78 is 39.3. The third-order valence-electron chi connectivity index (χ3n) is 5.71. The first-order valence-corrected chi connectivity index (χ1v) is 9.09. The first kappa shape index (κ1) is 18.5. The van der Waals surface area contributed by atoms with E-state index in [4.69, 9.17) is 9.47 Å². The molecule has 0 bridgehead atoms. The molecule has 6 heteroatoms. The van der Waals surface area contributed by atoms with Crippen LogP contribution in [0.4, 0.5) is 8.78 Å². The molecule has 0 radical (unpaired) electrons. The number of rotatable bonds is 5. The van der Waals surface area contributed by atoms with Crippen LogP contribution in [0.25, 0.3) is 0 Å². The van der Waals surface area contributed by atoms with Crippen molar-refractivity contribution in [2.75, 3.05) is 13.2 Å². The van der Waals surface area contributed by atoms with Crippen molar-refractivity contribution in [2.24, 2.45) is 0 Å². The van der Waals surface area contributed by atoms with Gasteiger partial charge in [0.15, 0.2) is 0 Å². The molecule has 27 heavy (non-hydrogen) atoms. The monoisotopic (exact) mass is 375 g/mol. The number of fused-ring (bicyclic) bond motifs is 1. The maximum atomic E-state index is 13.6. The van der Waals surface area contributed by atoms with Gasteiger partial charge in [-0.15, -0.1) is 0 Å². The van der Waals surface area contributed by atoms with Crippen LogP contribution in [0.1, 0.15) is 41.6 Å². The van der Waals surface area contributed by atoms with E-state index in [1.165, 1.54) is 0 Å². The van der Waals surface area contributed by atoms with Crippen LogP contribution in [0.15, 0.2) is 48.5 Å². The predicted octanol–water partition coefficient (Wildman–Crippen LogP) is 3.81. The second-order valence-corrected chi connectivity index (χ2v) is 7.18. The van der Waals surface area contributed by atoms with Gasteiger partial charge in [0.05, 0.1) is 24.9 Å². The highest BCUT2D eigenvalue weighted by molar-refractivity contribution is 5.34. The topological polar surface area (TPSA) is 41.9 Å². The molecule has 0 amide bonds.